The number of anilines is 1. The van der Waals surface area contributed by atoms with E-state index in [0.29, 0.717) is 12.1 Å². The van der Waals surface area contributed by atoms with E-state index in [1.165, 1.54) is 36.6 Å². The second-order valence-corrected chi connectivity index (χ2v) is 10.5. The highest BCUT2D eigenvalue weighted by molar-refractivity contribution is 7.87. The van der Waals surface area contributed by atoms with E-state index in [4.69, 9.17) is 11.6 Å². The van der Waals surface area contributed by atoms with E-state index in [-0.39, 0.29) is 5.02 Å². The van der Waals surface area contributed by atoms with E-state index in [1.807, 2.05) is 29.3 Å². The molecule has 3 aromatic rings. The first-order valence-corrected chi connectivity index (χ1v) is 12.1. The Morgan fingerprint density at radius 3 is 2.84 bits per heavy atom. The Labute approximate surface area is 188 Å². The van der Waals surface area contributed by atoms with Crippen LogP contribution in [-0.2, 0) is 17.3 Å². The zero-order chi connectivity index (χ0) is 22.3. The number of thiophene rings is 1. The normalized spacial score (nSPS) is 22.4. The number of halogens is 2. The van der Waals surface area contributed by atoms with Crippen LogP contribution in [0.3, 0.4) is 0 Å². The lowest BCUT2D eigenvalue weighted by molar-refractivity contribution is 0.102. The zero-order valence-electron chi connectivity index (χ0n) is 16.7. The maximum atomic E-state index is 13.4. The van der Waals surface area contributed by atoms with Gasteiger partial charge in [0.25, 0.3) is 10.2 Å². The summed E-state index contributed by atoms with van der Waals surface area (Å²) in [5, 5.41) is 15.4. The number of rotatable bonds is 5. The molecule has 12 heteroatoms. The molecule has 1 aliphatic rings. The number of aryl methyl sites for hydroxylation is 1. The van der Waals surface area contributed by atoms with Crippen molar-refractivity contribution in [3.8, 4) is 11.3 Å². The predicted octanol–water partition coefficient (Wildman–Crippen LogP) is 2.95. The van der Waals surface area contributed by atoms with Gasteiger partial charge in [-0.3, -0.25) is 0 Å². The topological polar surface area (TPSA) is 99.5 Å². The first-order chi connectivity index (χ1) is 14.6. The van der Waals surface area contributed by atoms with Gasteiger partial charge >= 0.3 is 0 Å². The Balaban J connectivity index is 1.56. The van der Waals surface area contributed by atoms with Crippen LogP contribution < -0.4 is 10.0 Å². The maximum absolute atomic E-state index is 13.4. The lowest BCUT2D eigenvalue weighted by atomic mass is 10.0. The number of nitrogens with one attached hydrogen (secondary N) is 2. The van der Waals surface area contributed by atoms with Crippen molar-refractivity contribution in [2.75, 3.05) is 12.4 Å². The van der Waals surface area contributed by atoms with E-state index in [9.17, 15) is 17.9 Å². The predicted molar refractivity (Wildman–Crippen MR) is 119 cm³/mol. The van der Waals surface area contributed by atoms with Gasteiger partial charge in [-0.05, 0) is 30.7 Å². The number of aromatic nitrogens is 2. The van der Waals surface area contributed by atoms with Gasteiger partial charge in [-0.2, -0.15) is 17.4 Å². The SMILES string of the molecule is CN1C(C(O)Nc2ccc(F)c(Cl)c2)CC(c2cc(-c3cn(C)cn3)cs2)NS1(=O)=O. The average Bonchev–Trinajstić information content (AvgIpc) is 3.35. The van der Waals surface area contributed by atoms with Crippen LogP contribution in [-0.4, -0.2) is 46.7 Å². The number of aliphatic hydroxyl groups is 1. The van der Waals surface area contributed by atoms with Crippen molar-refractivity contribution in [3.63, 3.8) is 0 Å². The highest BCUT2D eigenvalue weighted by Crippen LogP contribution is 2.35. The minimum Gasteiger partial charge on any atom is -0.372 e. The Hall–Kier alpha value is -2.02. The van der Waals surface area contributed by atoms with E-state index >= 15 is 0 Å². The van der Waals surface area contributed by atoms with Crippen molar-refractivity contribution in [1.82, 2.24) is 18.6 Å². The van der Waals surface area contributed by atoms with Gasteiger partial charge in [-0.1, -0.05) is 11.6 Å². The molecule has 0 radical (unpaired) electrons. The van der Waals surface area contributed by atoms with E-state index < -0.39 is 34.3 Å². The fraction of sp³-hybridized carbons (Fsp3) is 0.316. The van der Waals surface area contributed by atoms with Crippen molar-refractivity contribution < 1.29 is 17.9 Å². The van der Waals surface area contributed by atoms with Gasteiger partial charge in [0, 0.05) is 41.8 Å². The highest BCUT2D eigenvalue weighted by Gasteiger charge is 2.41. The summed E-state index contributed by atoms with van der Waals surface area (Å²) in [5.41, 5.74) is 2.08. The Morgan fingerprint density at radius 2 is 2.16 bits per heavy atom. The second-order valence-electron chi connectivity index (χ2n) is 7.37. The third kappa shape index (κ3) is 4.61. The minimum atomic E-state index is -3.83. The Morgan fingerprint density at radius 1 is 1.39 bits per heavy atom. The number of aliphatic hydroxyl groups excluding tert-OH is 1. The summed E-state index contributed by atoms with van der Waals surface area (Å²) in [7, 11) is -0.548. The van der Waals surface area contributed by atoms with Gasteiger partial charge < -0.3 is 15.0 Å². The maximum Gasteiger partial charge on any atom is 0.280 e. The van der Waals surface area contributed by atoms with Crippen LogP contribution in [0, 0.1) is 5.82 Å². The molecule has 1 saturated heterocycles. The van der Waals surface area contributed by atoms with E-state index in [2.05, 4.69) is 15.0 Å². The van der Waals surface area contributed by atoms with Crippen molar-refractivity contribution in [3.05, 3.63) is 57.9 Å². The highest BCUT2D eigenvalue weighted by atomic mass is 35.5. The molecule has 2 aromatic heterocycles. The summed E-state index contributed by atoms with van der Waals surface area (Å²) in [4.78, 5) is 5.14. The molecule has 1 aromatic carbocycles. The largest absolute Gasteiger partial charge is 0.372 e. The fourth-order valence-electron chi connectivity index (χ4n) is 3.47. The van der Waals surface area contributed by atoms with Crippen LogP contribution in [0.15, 0.2) is 42.2 Å². The van der Waals surface area contributed by atoms with Crippen LogP contribution in [0.1, 0.15) is 17.3 Å². The summed E-state index contributed by atoms with van der Waals surface area (Å²) in [6, 6.07) is 4.57. The standard InChI is InChI=1S/C19H21ClFN5O3S2/c1-25-8-16(22-10-25)11-5-18(30-9-11)15-7-17(26(2)31(28,29)24-15)19(27)23-12-3-4-14(21)13(20)6-12/h3-6,8-10,15,17,19,23-24,27H,7H2,1-2H3. The summed E-state index contributed by atoms with van der Waals surface area (Å²) in [6.07, 6.45) is 2.67. The number of nitrogens with zero attached hydrogens (tertiary/aromatic N) is 3. The molecule has 4 rings (SSSR count). The van der Waals surface area contributed by atoms with Crippen LogP contribution in [0.25, 0.3) is 11.3 Å². The third-order valence-corrected chi connectivity index (χ3v) is 8.12. The molecule has 3 atom stereocenters. The third-order valence-electron chi connectivity index (χ3n) is 5.18. The van der Waals surface area contributed by atoms with Crippen molar-refractivity contribution in [2.45, 2.75) is 24.7 Å². The van der Waals surface area contributed by atoms with Crippen LogP contribution in [0.5, 0.6) is 0 Å². The number of hydrogen-bond acceptors (Lipinski definition) is 6. The molecule has 3 N–H and O–H groups in total. The van der Waals surface area contributed by atoms with Gasteiger partial charge in [0.2, 0.25) is 0 Å². The number of benzene rings is 1. The minimum absolute atomic E-state index is 0.0954. The Bertz CT molecular complexity index is 1200. The molecular formula is C19H21ClFN5O3S2. The van der Waals surface area contributed by atoms with Crippen molar-refractivity contribution in [1.29, 1.82) is 0 Å². The molecule has 0 aliphatic carbocycles. The molecular weight excluding hydrogens is 465 g/mol. The van der Waals surface area contributed by atoms with Crippen LogP contribution >= 0.6 is 22.9 Å². The van der Waals surface area contributed by atoms with Crippen LogP contribution in [0.4, 0.5) is 10.1 Å². The van der Waals surface area contributed by atoms with Crippen molar-refractivity contribution >= 4 is 38.8 Å². The zero-order valence-corrected chi connectivity index (χ0v) is 19.0. The van der Waals surface area contributed by atoms with E-state index in [1.54, 1.807) is 6.33 Å². The lowest BCUT2D eigenvalue weighted by Gasteiger charge is -2.39. The molecule has 166 valence electrons. The van der Waals surface area contributed by atoms with Gasteiger partial charge in [0.1, 0.15) is 12.0 Å². The molecule has 3 heterocycles. The molecule has 31 heavy (non-hydrogen) atoms. The average molecular weight is 486 g/mol. The lowest BCUT2D eigenvalue weighted by Crippen LogP contribution is -2.57. The van der Waals surface area contributed by atoms with E-state index in [0.717, 1.165) is 20.4 Å². The number of imidazole rings is 1. The molecule has 0 saturated carbocycles. The number of likely N-dealkylation sites (N-methyl/N-ethyl adjacent to an activating group) is 1. The van der Waals surface area contributed by atoms with Gasteiger partial charge in [0.15, 0.2) is 0 Å². The molecule has 0 bridgehead atoms. The molecule has 1 fully saturated rings. The first-order valence-electron chi connectivity index (χ1n) is 9.36. The summed E-state index contributed by atoms with van der Waals surface area (Å²) >= 11 is 7.22. The van der Waals surface area contributed by atoms with Crippen LogP contribution in [0.2, 0.25) is 5.02 Å². The first kappa shape index (κ1) is 22.2. The molecule has 8 nitrogen and oxygen atoms in total. The second kappa shape index (κ2) is 8.49. The molecule has 3 unspecified atom stereocenters. The van der Waals surface area contributed by atoms with Gasteiger partial charge in [-0.15, -0.1) is 11.3 Å². The summed E-state index contributed by atoms with van der Waals surface area (Å²) < 4.78 is 44.4. The van der Waals surface area contributed by atoms with Crippen molar-refractivity contribution in [2.24, 2.45) is 7.05 Å². The fourth-order valence-corrected chi connectivity index (χ4v) is 5.99. The summed E-state index contributed by atoms with van der Waals surface area (Å²) in [5.74, 6) is -0.579. The Kier molecular flexibility index (Phi) is 6.08. The quantitative estimate of drug-likeness (QED) is 0.482. The smallest absolute Gasteiger partial charge is 0.280 e. The molecule has 0 spiro atoms. The molecule has 1 aliphatic heterocycles. The summed E-state index contributed by atoms with van der Waals surface area (Å²) in [6.45, 7) is 0. The van der Waals surface area contributed by atoms with Gasteiger partial charge in [-0.25, -0.2) is 9.37 Å². The monoisotopic (exact) mass is 485 g/mol. The van der Waals surface area contributed by atoms with Gasteiger partial charge in [0.05, 0.1) is 29.1 Å². The molecule has 0 amide bonds. The number of hydrogen-bond donors (Lipinski definition) is 3.